The van der Waals surface area contributed by atoms with Gasteiger partial charge in [0.05, 0.1) is 35.5 Å². The van der Waals surface area contributed by atoms with Crippen molar-refractivity contribution in [2.75, 3.05) is 12.4 Å². The Morgan fingerprint density at radius 1 is 1.02 bits per heavy atom. The molecule has 0 radical (unpaired) electrons. The summed E-state index contributed by atoms with van der Waals surface area (Å²) in [5, 5.41) is 35.9. The number of allylic oxidation sites excluding steroid dienone is 1. The lowest BCUT2D eigenvalue weighted by Crippen LogP contribution is -2.46. The largest absolute Gasteiger partial charge is 0.504 e. The molecule has 3 aliphatic heterocycles. The number of phenolic OH excluding ortho intramolecular Hbond substituents is 1. The second-order valence-corrected chi connectivity index (χ2v) is 13.4. The third kappa shape index (κ3) is 7.38. The molecule has 0 spiro atoms. The molecule has 5 rings (SSSR count). The van der Waals surface area contributed by atoms with E-state index in [2.05, 4.69) is 5.32 Å². The Morgan fingerprint density at radius 3 is 2.33 bits per heavy atom. The van der Waals surface area contributed by atoms with E-state index >= 15 is 0 Å². The van der Waals surface area contributed by atoms with Gasteiger partial charge in [0, 0.05) is 62.2 Å². The average molecular weight is 686 g/mol. The monoisotopic (exact) mass is 685 g/mol. The first-order chi connectivity index (χ1) is 22.9. The molecule has 1 amide bonds. The molecule has 13 heteroatoms. The van der Waals surface area contributed by atoms with Gasteiger partial charge in [-0.1, -0.05) is 46.8 Å². The minimum Gasteiger partial charge on any atom is -0.504 e. The van der Waals surface area contributed by atoms with Crippen molar-refractivity contribution in [2.45, 2.75) is 92.0 Å². The highest BCUT2D eigenvalue weighted by atomic mass is 16.7. The number of hydrogen-bond acceptors (Lipinski definition) is 12. The van der Waals surface area contributed by atoms with Crippen LogP contribution in [-0.4, -0.2) is 70.3 Å². The number of Topliss-reactive ketones (excluding diaryl/α,β-unsaturated/α-hetero) is 1. The molecule has 5 bridgehead atoms. The highest BCUT2D eigenvalue weighted by molar-refractivity contribution is 6.16. The maximum Gasteiger partial charge on any atom is 0.312 e. The number of carbonyl (C=O) groups excluding carboxylic acids is 3. The average Bonchev–Trinajstić information content (AvgIpc) is 3.31. The third-order valence-corrected chi connectivity index (χ3v) is 9.74. The van der Waals surface area contributed by atoms with Gasteiger partial charge in [-0.05, 0) is 19.4 Å². The number of carbonyl (C=O) groups is 3. The smallest absolute Gasteiger partial charge is 0.312 e. The summed E-state index contributed by atoms with van der Waals surface area (Å²) in [5.74, 6) is -7.28. The van der Waals surface area contributed by atoms with Crippen molar-refractivity contribution in [1.29, 1.82) is 0 Å². The fraction of sp³-hybridized carbons (Fsp3) is 0.556. The van der Waals surface area contributed by atoms with Gasteiger partial charge >= 0.3 is 11.8 Å². The fourth-order valence-electron chi connectivity index (χ4n) is 6.53. The lowest BCUT2D eigenvalue weighted by atomic mass is 9.78. The van der Waals surface area contributed by atoms with Crippen LogP contribution in [-0.2, 0) is 23.8 Å². The van der Waals surface area contributed by atoms with E-state index in [1.807, 2.05) is 0 Å². The van der Waals surface area contributed by atoms with Crippen molar-refractivity contribution < 1.29 is 53.1 Å². The normalized spacial score (nSPS) is 33.6. The summed E-state index contributed by atoms with van der Waals surface area (Å²) >= 11 is 0. The zero-order chi connectivity index (χ0) is 36.5. The molecule has 1 aromatic carbocycles. The molecule has 1 unspecified atom stereocenters. The molecule has 0 fully saturated rings. The van der Waals surface area contributed by atoms with E-state index < -0.39 is 88.6 Å². The molecule has 0 saturated carbocycles. The molecule has 3 aliphatic rings. The van der Waals surface area contributed by atoms with E-state index in [0.29, 0.717) is 0 Å². The molecule has 10 atom stereocenters. The summed E-state index contributed by atoms with van der Waals surface area (Å²) in [5.41, 5.74) is -1.01. The summed E-state index contributed by atoms with van der Waals surface area (Å²) in [6.45, 7) is 12.8. The second-order valence-electron chi connectivity index (χ2n) is 13.4. The summed E-state index contributed by atoms with van der Waals surface area (Å²) in [7, 11) is 1.44. The van der Waals surface area contributed by atoms with Gasteiger partial charge in [0.25, 0.3) is 5.78 Å². The quantitative estimate of drug-likeness (QED) is 0.258. The van der Waals surface area contributed by atoms with Crippen LogP contribution in [0.2, 0.25) is 0 Å². The van der Waals surface area contributed by atoms with Gasteiger partial charge in [0.1, 0.15) is 11.9 Å². The Bertz CT molecular complexity index is 1710. The maximum atomic E-state index is 13.8. The predicted octanol–water partition coefficient (Wildman–Crippen LogP) is 4.38. The van der Waals surface area contributed by atoms with Crippen LogP contribution in [0.15, 0.2) is 39.8 Å². The number of anilines is 1. The zero-order valence-electron chi connectivity index (χ0n) is 29.3. The number of hydrogen-bond donors (Lipinski definition) is 4. The molecule has 13 nitrogen and oxygen atoms in total. The first-order valence-corrected chi connectivity index (χ1v) is 16.4. The second kappa shape index (κ2) is 14.7. The fourth-order valence-corrected chi connectivity index (χ4v) is 6.53. The van der Waals surface area contributed by atoms with Crippen molar-refractivity contribution in [1.82, 2.24) is 0 Å². The maximum absolute atomic E-state index is 13.8. The predicted molar refractivity (Wildman–Crippen MR) is 179 cm³/mol. The number of aromatic hydroxyl groups is 1. The number of aliphatic hydroxyl groups excluding tert-OH is 2. The van der Waals surface area contributed by atoms with Crippen LogP contribution in [0.5, 0.6) is 11.5 Å². The first-order valence-electron chi connectivity index (χ1n) is 16.4. The molecule has 0 saturated heterocycles. The Kier molecular flexibility index (Phi) is 11.3. The van der Waals surface area contributed by atoms with E-state index in [-0.39, 0.29) is 40.2 Å². The van der Waals surface area contributed by atoms with Crippen LogP contribution < -0.4 is 15.5 Å². The third-order valence-electron chi connectivity index (χ3n) is 9.74. The van der Waals surface area contributed by atoms with Gasteiger partial charge in [-0.15, -0.1) is 0 Å². The number of esters is 1. The van der Waals surface area contributed by atoms with E-state index in [4.69, 9.17) is 23.4 Å². The van der Waals surface area contributed by atoms with Crippen LogP contribution in [0.1, 0.15) is 70.8 Å². The molecule has 4 heterocycles. The minimum atomic E-state index is -1.96. The van der Waals surface area contributed by atoms with Crippen molar-refractivity contribution in [2.24, 2.45) is 29.6 Å². The number of rotatable bonds is 2. The van der Waals surface area contributed by atoms with Crippen LogP contribution >= 0.6 is 0 Å². The van der Waals surface area contributed by atoms with E-state index in [1.54, 1.807) is 46.8 Å². The molecule has 1 aromatic heterocycles. The Balaban J connectivity index is 1.81. The molecular formula is C36H47NO12. The number of ether oxygens (including phenoxy) is 4. The highest BCUT2D eigenvalue weighted by Gasteiger charge is 2.49. The number of nitrogens with one attached hydrogen (secondary N) is 1. The van der Waals surface area contributed by atoms with Crippen molar-refractivity contribution in [3.8, 4) is 11.5 Å². The molecular weight excluding hydrogens is 638 g/mol. The van der Waals surface area contributed by atoms with Gasteiger partial charge in [-0.2, -0.15) is 0 Å². The van der Waals surface area contributed by atoms with Crippen molar-refractivity contribution >= 4 is 34.5 Å². The Morgan fingerprint density at radius 2 is 1.69 bits per heavy atom. The Hall–Kier alpha value is -4.20. The molecule has 4 N–H and O–H groups in total. The minimum absolute atomic E-state index is 0.0548. The van der Waals surface area contributed by atoms with E-state index in [0.717, 1.165) is 6.07 Å². The SMILES string of the molecule is CO[C@H]1C=CO[C@@]2(C)Oc3c(C)c(O)c4oc(cc(=O)c4c3C2=O)NC(=O)C(C)C/C=C\[C@H](C)[C@H](O)[C@@H](C)[C@@H](O)[C@@H](C)[C@H](OC(C)=O)[C@@H]1C. The van der Waals surface area contributed by atoms with Gasteiger partial charge in [0.15, 0.2) is 16.8 Å². The van der Waals surface area contributed by atoms with E-state index in [9.17, 15) is 34.5 Å². The molecule has 2 aromatic rings. The lowest BCUT2D eigenvalue weighted by Gasteiger charge is -2.38. The van der Waals surface area contributed by atoms with Crippen molar-refractivity contribution in [3.63, 3.8) is 0 Å². The number of benzene rings is 1. The number of fused-ring (bicyclic) bond motifs is 15. The first kappa shape index (κ1) is 37.6. The van der Waals surface area contributed by atoms with Crippen LogP contribution in [0.25, 0.3) is 11.0 Å². The Labute approximate surface area is 284 Å². The summed E-state index contributed by atoms with van der Waals surface area (Å²) < 4.78 is 28.9. The van der Waals surface area contributed by atoms with Crippen LogP contribution in [0, 0.1) is 36.5 Å². The van der Waals surface area contributed by atoms with Crippen LogP contribution in [0.3, 0.4) is 0 Å². The summed E-state index contributed by atoms with van der Waals surface area (Å²) in [4.78, 5) is 52.5. The van der Waals surface area contributed by atoms with Crippen molar-refractivity contribution in [3.05, 3.63) is 51.9 Å². The van der Waals surface area contributed by atoms with Gasteiger partial charge in [0.2, 0.25) is 11.8 Å². The number of aliphatic hydroxyl groups is 2. The highest BCUT2D eigenvalue weighted by Crippen LogP contribution is 2.46. The molecule has 49 heavy (non-hydrogen) atoms. The summed E-state index contributed by atoms with van der Waals surface area (Å²) in [6.07, 6.45) is 2.79. The van der Waals surface area contributed by atoms with Gasteiger partial charge < -0.3 is 38.7 Å². The lowest BCUT2D eigenvalue weighted by molar-refractivity contribution is -0.160. The number of phenols is 1. The standard InChI is InChI=1S/C36H47NO12/c1-16-11-10-12-17(2)35(44)37-25-15-23(39)26-27-32(21(6)30(42)33(26)48-25)49-36(8,34(27)43)46-14-13-24(45-9)18(3)31(47-22(7)38)20(5)29(41)19(4)28(16)40/h10-11,13-20,24,28-29,31,40-42H,12H2,1-9H3,(H,37,44)/b11-10-,14-13?/t16-,17?,18+,19+,20+,24-,28-,29+,31+,36-/m0/s1. The number of ketones is 1. The van der Waals surface area contributed by atoms with Gasteiger partial charge in [-0.25, -0.2) is 0 Å². The molecule has 268 valence electrons. The topological polar surface area (TPSA) is 191 Å². The van der Waals surface area contributed by atoms with E-state index in [1.165, 1.54) is 40.2 Å². The number of methoxy groups -OCH3 is 1. The van der Waals surface area contributed by atoms with Crippen LogP contribution in [0.4, 0.5) is 5.88 Å². The van der Waals surface area contributed by atoms with Gasteiger partial charge in [-0.3, -0.25) is 24.5 Å². The molecule has 0 aliphatic carbocycles. The summed E-state index contributed by atoms with van der Waals surface area (Å²) in [6, 6.07) is 1.02. The number of amides is 1. The zero-order valence-corrected chi connectivity index (χ0v) is 29.3.